The first kappa shape index (κ1) is 55.0. The van der Waals surface area contributed by atoms with Gasteiger partial charge in [0.15, 0.2) is 0 Å². The van der Waals surface area contributed by atoms with Crippen molar-refractivity contribution in [1.29, 1.82) is 0 Å². The molecule has 13 heteroatoms. The van der Waals surface area contributed by atoms with E-state index in [9.17, 15) is 19.2 Å². The highest BCUT2D eigenvalue weighted by Gasteiger charge is 2.11. The lowest BCUT2D eigenvalue weighted by Gasteiger charge is -2.08. The van der Waals surface area contributed by atoms with E-state index in [0.717, 1.165) is 34.5 Å². The first-order valence-corrected chi connectivity index (χ1v) is 24.3. The number of rotatable bonds is 11. The quantitative estimate of drug-likeness (QED) is 0.103. The van der Waals surface area contributed by atoms with E-state index in [2.05, 4.69) is 40.3 Å². The van der Waals surface area contributed by atoms with E-state index in [1.54, 1.807) is 127 Å². The van der Waals surface area contributed by atoms with Crippen LogP contribution in [0.15, 0.2) is 194 Å². The Kier molecular flexibility index (Phi) is 22.2. The van der Waals surface area contributed by atoms with Crippen molar-refractivity contribution in [2.75, 3.05) is 21.3 Å². The van der Waals surface area contributed by atoms with Crippen LogP contribution in [0.25, 0.3) is 0 Å². The minimum absolute atomic E-state index is 0.0515. The Bertz CT molecular complexity index is 2890. The molecule has 8 nitrogen and oxygen atoms in total. The summed E-state index contributed by atoms with van der Waals surface area (Å²) in [6.45, 7) is 6.05. The molecule has 0 aliphatic rings. The van der Waals surface area contributed by atoms with E-state index in [0.29, 0.717) is 53.2 Å². The van der Waals surface area contributed by atoms with E-state index in [1.165, 1.54) is 18.4 Å². The van der Waals surface area contributed by atoms with Crippen molar-refractivity contribution < 1.29 is 19.2 Å². The van der Waals surface area contributed by atoms with Gasteiger partial charge in [0.2, 0.25) is 0 Å². The largest absolute Gasteiger partial charge is 0.322 e. The van der Waals surface area contributed by atoms with Crippen LogP contribution in [0.4, 0.5) is 22.7 Å². The lowest BCUT2D eigenvalue weighted by atomic mass is 10.1. The highest BCUT2D eigenvalue weighted by Crippen LogP contribution is 2.21. The fourth-order valence-corrected chi connectivity index (χ4v) is 7.16. The lowest BCUT2D eigenvalue weighted by molar-refractivity contribution is 0.101. The van der Waals surface area contributed by atoms with Crippen molar-refractivity contribution in [1.82, 2.24) is 0 Å². The summed E-state index contributed by atoms with van der Waals surface area (Å²) in [5.41, 5.74) is 8.65. The Morgan fingerprint density at radius 1 is 0.366 bits per heavy atom. The molecule has 0 atom stereocenters. The molecule has 0 radical (unpaired) electrons. The molecule has 8 aromatic carbocycles. The predicted molar refractivity (Wildman–Crippen MR) is 296 cm³/mol. The summed E-state index contributed by atoms with van der Waals surface area (Å²) in [6, 6.07) is 57.7. The van der Waals surface area contributed by atoms with Crippen LogP contribution < -0.4 is 21.3 Å². The van der Waals surface area contributed by atoms with Gasteiger partial charge in [-0.15, -0.1) is 0 Å². The lowest BCUT2D eigenvalue weighted by Crippen LogP contribution is -2.13. The predicted octanol–water partition coefficient (Wildman–Crippen LogP) is 17.0. The van der Waals surface area contributed by atoms with E-state index in [1.807, 2.05) is 68.4 Å². The first-order chi connectivity index (χ1) is 34.2. The van der Waals surface area contributed by atoms with Crippen LogP contribution in [0.1, 0.15) is 77.9 Å². The molecule has 0 saturated carbocycles. The Morgan fingerprint density at radius 3 is 1.04 bits per heavy atom. The number of nitrogens with one attached hydrogen (secondary N) is 4. The van der Waals surface area contributed by atoms with Gasteiger partial charge in [0.1, 0.15) is 0 Å². The number of anilines is 4. The minimum atomic E-state index is -0.238. The summed E-state index contributed by atoms with van der Waals surface area (Å²) in [4.78, 5) is 47.9. The molecule has 0 spiro atoms. The molecule has 0 saturated heterocycles. The molecule has 0 aliphatic heterocycles. The van der Waals surface area contributed by atoms with Crippen LogP contribution in [0.3, 0.4) is 0 Å². The van der Waals surface area contributed by atoms with Crippen LogP contribution in [0, 0.1) is 13.8 Å². The van der Waals surface area contributed by atoms with Crippen molar-refractivity contribution >= 4 is 104 Å². The van der Waals surface area contributed by atoms with Gasteiger partial charge < -0.3 is 21.3 Å². The van der Waals surface area contributed by atoms with Crippen LogP contribution in [0.2, 0.25) is 25.1 Å². The Balaban J connectivity index is 0.000000176. The zero-order valence-corrected chi connectivity index (χ0v) is 42.9. The molecule has 0 aromatic heterocycles. The fraction of sp³-hybridized carbons (Fsp3) is 0.103. The first-order valence-electron chi connectivity index (χ1n) is 22.4. The molecule has 0 aliphatic carbocycles. The number of hydrogen-bond donors (Lipinski definition) is 4. The van der Waals surface area contributed by atoms with Crippen LogP contribution in [0.5, 0.6) is 0 Å². The summed E-state index contributed by atoms with van der Waals surface area (Å²) in [5.74, 6) is -0.572. The van der Waals surface area contributed by atoms with Gasteiger partial charge >= 0.3 is 0 Å². The van der Waals surface area contributed by atoms with Gasteiger partial charge in [-0.3, -0.25) is 19.2 Å². The molecular weight excluding hydrogens is 994 g/mol. The molecule has 8 aromatic rings. The molecule has 71 heavy (non-hydrogen) atoms. The van der Waals surface area contributed by atoms with Crippen molar-refractivity contribution in [3.63, 3.8) is 0 Å². The van der Waals surface area contributed by atoms with Crippen molar-refractivity contribution in [2.45, 2.75) is 40.0 Å². The maximum atomic E-state index is 12.2. The third-order valence-corrected chi connectivity index (χ3v) is 11.7. The van der Waals surface area contributed by atoms with Crippen LogP contribution in [-0.4, -0.2) is 23.6 Å². The van der Waals surface area contributed by atoms with Crippen LogP contribution in [-0.2, 0) is 6.42 Å². The maximum absolute atomic E-state index is 12.2. The molecule has 0 bridgehead atoms. The van der Waals surface area contributed by atoms with Crippen molar-refractivity contribution in [3.05, 3.63) is 258 Å². The SMILES string of the molecule is CCCCc1ccc(NC(=O)c2ccccc2C)cc1.Cc1ccccc1C(=O)Nc1ccc(Cl)cc1.O=C(Nc1ccc(Cl)cc1)c1ccc(Cl)cc1.O=C(Nc1ccc(Cl)cc1)c1ccccc1Cl. The number of hydrogen-bond acceptors (Lipinski definition) is 4. The summed E-state index contributed by atoms with van der Waals surface area (Å²) in [6.07, 6.45) is 3.50. The molecule has 8 rings (SSSR count). The second-order valence-electron chi connectivity index (χ2n) is 15.8. The van der Waals surface area contributed by atoms with Gasteiger partial charge in [0.05, 0.1) is 10.6 Å². The summed E-state index contributed by atoms with van der Waals surface area (Å²) < 4.78 is 0. The number of carbonyl (C=O) groups is 4. The summed E-state index contributed by atoms with van der Waals surface area (Å²) >= 11 is 29.0. The van der Waals surface area contributed by atoms with Gasteiger partial charge in [0.25, 0.3) is 23.6 Å². The van der Waals surface area contributed by atoms with E-state index >= 15 is 0 Å². The smallest absolute Gasteiger partial charge is 0.257 e. The van der Waals surface area contributed by atoms with E-state index in [4.69, 9.17) is 58.0 Å². The van der Waals surface area contributed by atoms with Gasteiger partial charge in [-0.2, -0.15) is 0 Å². The summed E-state index contributed by atoms with van der Waals surface area (Å²) in [5, 5.41) is 14.2. The zero-order valence-electron chi connectivity index (χ0n) is 39.1. The molecule has 4 N–H and O–H groups in total. The molecule has 0 unspecified atom stereocenters. The molecule has 0 heterocycles. The highest BCUT2D eigenvalue weighted by molar-refractivity contribution is 6.34. The standard InChI is InChI=1S/C18H21NO.C14H12ClNO.2C13H9Cl2NO/c1-3-4-8-15-10-12-16(13-11-15)19-18(20)17-9-6-5-7-14(17)2;1-10-4-2-3-5-13(10)14(17)16-12-8-6-11(15)7-9-12;14-10-3-1-9(2-4-10)13(17)16-12-7-5-11(15)6-8-12;14-9-5-7-10(8-6-9)16-13(17)11-3-1-2-4-12(11)15/h5-7,9-13H,3-4,8H2,1-2H3,(H,19,20);2-9H,1H3,(H,16,17);2*1-8H,(H,16,17). The second-order valence-corrected chi connectivity index (χ2v) is 17.9. The van der Waals surface area contributed by atoms with Crippen LogP contribution >= 0.6 is 58.0 Å². The third-order valence-electron chi connectivity index (χ3n) is 10.3. The maximum Gasteiger partial charge on any atom is 0.257 e. The number of unbranched alkanes of at least 4 members (excludes halogenated alkanes) is 1. The highest BCUT2D eigenvalue weighted by atomic mass is 35.5. The number of carbonyl (C=O) groups excluding carboxylic acids is 4. The minimum Gasteiger partial charge on any atom is -0.322 e. The third kappa shape index (κ3) is 18.7. The second kappa shape index (κ2) is 28.7. The molecular formula is C58H51Cl5N4O4. The monoisotopic (exact) mass is 1040 g/mol. The average molecular weight is 1050 g/mol. The topological polar surface area (TPSA) is 116 Å². The number of halogens is 5. The van der Waals surface area contributed by atoms with Gasteiger partial charge in [0, 0.05) is 59.5 Å². The van der Waals surface area contributed by atoms with Gasteiger partial charge in [-0.05, 0) is 177 Å². The Labute approximate surface area is 440 Å². The normalized spacial score (nSPS) is 10.1. The van der Waals surface area contributed by atoms with E-state index in [-0.39, 0.29) is 23.6 Å². The van der Waals surface area contributed by atoms with Gasteiger partial charge in [-0.25, -0.2) is 0 Å². The van der Waals surface area contributed by atoms with Crippen molar-refractivity contribution in [2.24, 2.45) is 0 Å². The van der Waals surface area contributed by atoms with Gasteiger partial charge in [-0.1, -0.05) is 132 Å². The number of aryl methyl sites for hydroxylation is 3. The molecule has 362 valence electrons. The van der Waals surface area contributed by atoms with Crippen molar-refractivity contribution in [3.8, 4) is 0 Å². The number of benzene rings is 8. The molecule has 0 fully saturated rings. The zero-order chi connectivity index (χ0) is 51.1. The Hall–Kier alpha value is -6.91. The fourth-order valence-electron chi connectivity index (χ4n) is 6.44. The summed E-state index contributed by atoms with van der Waals surface area (Å²) in [7, 11) is 0. The Morgan fingerprint density at radius 2 is 0.676 bits per heavy atom. The number of amides is 4. The molecule has 4 amide bonds. The average Bonchev–Trinajstić information content (AvgIpc) is 3.37. The van der Waals surface area contributed by atoms with E-state index < -0.39 is 0 Å².